The smallest absolute Gasteiger partial charge is 0.335 e. The molecule has 8 heteroatoms. The molecule has 4 rings (SSSR count). The first kappa shape index (κ1) is 23.4. The van der Waals surface area contributed by atoms with Gasteiger partial charge in [-0.3, -0.25) is 9.59 Å². The van der Waals surface area contributed by atoms with Gasteiger partial charge in [0.2, 0.25) is 0 Å². The van der Waals surface area contributed by atoms with Crippen LogP contribution in [-0.2, 0) is 9.53 Å². The van der Waals surface area contributed by atoms with E-state index in [0.717, 1.165) is 10.4 Å². The van der Waals surface area contributed by atoms with Crippen molar-refractivity contribution in [3.63, 3.8) is 0 Å². The predicted molar refractivity (Wildman–Crippen MR) is 129 cm³/mol. The van der Waals surface area contributed by atoms with Crippen molar-refractivity contribution in [1.82, 2.24) is 4.90 Å². The first-order chi connectivity index (χ1) is 16.4. The number of thiophene rings is 1. The molecule has 1 amide bonds. The van der Waals surface area contributed by atoms with Crippen molar-refractivity contribution in [2.75, 3.05) is 32.9 Å². The van der Waals surface area contributed by atoms with Crippen LogP contribution in [0.4, 0.5) is 0 Å². The summed E-state index contributed by atoms with van der Waals surface area (Å²) in [6.07, 6.45) is 0. The van der Waals surface area contributed by atoms with Gasteiger partial charge in [-0.25, -0.2) is 4.79 Å². The summed E-state index contributed by atoms with van der Waals surface area (Å²) in [7, 11) is 0. The lowest BCUT2D eigenvalue weighted by atomic mass is 9.95. The number of carboxylic acids is 1. The van der Waals surface area contributed by atoms with Crippen molar-refractivity contribution in [3.05, 3.63) is 83.2 Å². The van der Waals surface area contributed by atoms with E-state index in [1.165, 1.54) is 24.3 Å². The van der Waals surface area contributed by atoms with Crippen molar-refractivity contribution in [3.8, 4) is 16.2 Å². The number of ether oxygens (including phenoxy) is 2. The van der Waals surface area contributed by atoms with E-state index in [4.69, 9.17) is 14.6 Å². The van der Waals surface area contributed by atoms with Gasteiger partial charge in [-0.1, -0.05) is 24.8 Å². The lowest BCUT2D eigenvalue weighted by Gasteiger charge is -2.27. The van der Waals surface area contributed by atoms with E-state index in [2.05, 4.69) is 6.58 Å². The highest BCUT2D eigenvalue weighted by molar-refractivity contribution is 7.13. The Labute approximate surface area is 200 Å². The largest absolute Gasteiger partial charge is 0.483 e. The maximum Gasteiger partial charge on any atom is 0.335 e. The van der Waals surface area contributed by atoms with Crippen LogP contribution in [0.3, 0.4) is 0 Å². The average Bonchev–Trinajstić information content (AvgIpc) is 3.42. The number of rotatable bonds is 8. The second-order valence-corrected chi connectivity index (χ2v) is 8.61. The molecule has 0 unspecified atom stereocenters. The van der Waals surface area contributed by atoms with Crippen molar-refractivity contribution in [1.29, 1.82) is 0 Å². The summed E-state index contributed by atoms with van der Waals surface area (Å²) in [6.45, 7) is 5.87. The molecule has 1 N–H and O–H groups in total. The lowest BCUT2D eigenvalue weighted by molar-refractivity contribution is -0.137. The summed E-state index contributed by atoms with van der Waals surface area (Å²) in [5.41, 5.74) is 1.97. The number of hydrogen-bond acceptors (Lipinski definition) is 6. The number of carbonyl (C=O) groups is 3. The van der Waals surface area contributed by atoms with Gasteiger partial charge in [0.1, 0.15) is 5.75 Å². The van der Waals surface area contributed by atoms with Gasteiger partial charge in [0.15, 0.2) is 12.4 Å². The number of carbonyl (C=O) groups excluding carboxylic acids is 2. The molecule has 1 aromatic heterocycles. The summed E-state index contributed by atoms with van der Waals surface area (Å²) >= 11 is 1.56. The third-order valence-corrected chi connectivity index (χ3v) is 6.41. The summed E-state index contributed by atoms with van der Waals surface area (Å²) < 4.78 is 11.1. The molecule has 2 heterocycles. The maximum absolute atomic E-state index is 13.2. The summed E-state index contributed by atoms with van der Waals surface area (Å²) in [5, 5.41) is 11.1. The molecule has 0 radical (unpaired) electrons. The van der Waals surface area contributed by atoms with Gasteiger partial charge in [0, 0.05) is 34.7 Å². The number of nitrogens with zero attached hydrogens (tertiary/aromatic N) is 1. The van der Waals surface area contributed by atoms with Crippen molar-refractivity contribution < 1.29 is 29.0 Å². The van der Waals surface area contributed by atoms with E-state index in [1.54, 1.807) is 22.3 Å². The van der Waals surface area contributed by atoms with E-state index >= 15 is 0 Å². The van der Waals surface area contributed by atoms with Crippen LogP contribution in [0.1, 0.15) is 26.3 Å². The highest BCUT2D eigenvalue weighted by Gasteiger charge is 2.21. The molecule has 0 saturated carbocycles. The molecular formula is C26H23NO6S. The number of Topliss-reactive ketones (excluding diaryl/α,β-unsaturated/α-hetero) is 1. The SMILES string of the molecule is C=C(C(=O)c1ccc(C(=O)O)cc1)c1cc(-c2cccs2)ccc1OCC(=O)N1CCOCC1. The number of amides is 1. The quantitative estimate of drug-likeness (QED) is 0.385. The first-order valence-corrected chi connectivity index (χ1v) is 11.6. The molecule has 174 valence electrons. The highest BCUT2D eigenvalue weighted by atomic mass is 32.1. The van der Waals surface area contributed by atoms with Crippen LogP contribution in [0.5, 0.6) is 5.75 Å². The van der Waals surface area contributed by atoms with Gasteiger partial charge < -0.3 is 19.5 Å². The number of allylic oxidation sites excluding steroid dienone is 1. The Kier molecular flexibility index (Phi) is 7.20. The molecule has 0 atom stereocenters. The number of morpholine rings is 1. The zero-order valence-electron chi connectivity index (χ0n) is 18.4. The minimum atomic E-state index is -1.07. The van der Waals surface area contributed by atoms with E-state index in [9.17, 15) is 14.4 Å². The molecule has 1 aliphatic rings. The molecule has 2 aromatic carbocycles. The Morgan fingerprint density at radius 2 is 1.74 bits per heavy atom. The first-order valence-electron chi connectivity index (χ1n) is 10.7. The lowest BCUT2D eigenvalue weighted by Crippen LogP contribution is -2.43. The second kappa shape index (κ2) is 10.5. The number of hydrogen-bond donors (Lipinski definition) is 1. The van der Waals surface area contributed by atoms with Gasteiger partial charge in [-0.15, -0.1) is 11.3 Å². The summed E-state index contributed by atoms with van der Waals surface area (Å²) in [6, 6.07) is 15.0. The number of carboxylic acid groups (broad SMARTS) is 1. The molecular weight excluding hydrogens is 454 g/mol. The van der Waals surface area contributed by atoms with Crippen LogP contribution in [0, 0.1) is 0 Å². The minimum Gasteiger partial charge on any atom is -0.483 e. The highest BCUT2D eigenvalue weighted by Crippen LogP contribution is 2.34. The Bertz CT molecular complexity index is 1210. The van der Waals surface area contributed by atoms with Crippen molar-refractivity contribution in [2.45, 2.75) is 0 Å². The molecule has 1 aliphatic heterocycles. The number of ketones is 1. The van der Waals surface area contributed by atoms with E-state index in [0.29, 0.717) is 43.2 Å². The summed E-state index contributed by atoms with van der Waals surface area (Å²) in [5.74, 6) is -1.20. The zero-order chi connectivity index (χ0) is 24.1. The van der Waals surface area contributed by atoms with E-state index in [1.807, 2.05) is 29.6 Å². The van der Waals surface area contributed by atoms with Crippen LogP contribution in [0.2, 0.25) is 0 Å². The van der Waals surface area contributed by atoms with Gasteiger partial charge in [-0.2, -0.15) is 0 Å². The standard InChI is InChI=1S/C26H23NO6S/c1-17(25(29)18-4-6-19(7-5-18)26(30)31)21-15-20(23-3-2-14-34-23)8-9-22(21)33-16-24(28)27-10-12-32-13-11-27/h2-9,14-15H,1,10-13,16H2,(H,30,31). The molecule has 1 saturated heterocycles. The van der Waals surface area contributed by atoms with Crippen molar-refractivity contribution >= 4 is 34.6 Å². The van der Waals surface area contributed by atoms with Crippen molar-refractivity contribution in [2.24, 2.45) is 0 Å². The summed E-state index contributed by atoms with van der Waals surface area (Å²) in [4.78, 5) is 39.6. The molecule has 0 aliphatic carbocycles. The predicted octanol–water partition coefficient (Wildman–Crippen LogP) is 4.25. The van der Waals surface area contributed by atoms with Gasteiger partial charge >= 0.3 is 5.97 Å². The van der Waals surface area contributed by atoms with E-state index in [-0.39, 0.29) is 29.4 Å². The fourth-order valence-corrected chi connectivity index (χ4v) is 4.32. The molecule has 3 aromatic rings. The van der Waals surface area contributed by atoms with Crippen LogP contribution < -0.4 is 4.74 Å². The van der Waals surface area contributed by atoms with Gasteiger partial charge in [-0.05, 0) is 47.3 Å². The number of aromatic carboxylic acids is 1. The van der Waals surface area contributed by atoms with Crippen LogP contribution >= 0.6 is 11.3 Å². The Morgan fingerprint density at radius 3 is 2.38 bits per heavy atom. The molecule has 7 nitrogen and oxygen atoms in total. The fourth-order valence-electron chi connectivity index (χ4n) is 3.59. The Balaban J connectivity index is 1.60. The maximum atomic E-state index is 13.2. The van der Waals surface area contributed by atoms with Crippen LogP contribution in [0.15, 0.2) is 66.6 Å². The molecule has 1 fully saturated rings. The van der Waals surface area contributed by atoms with E-state index < -0.39 is 5.97 Å². The third kappa shape index (κ3) is 5.24. The fraction of sp³-hybridized carbons (Fsp3) is 0.192. The Morgan fingerprint density at radius 1 is 1.03 bits per heavy atom. The zero-order valence-corrected chi connectivity index (χ0v) is 19.2. The molecule has 34 heavy (non-hydrogen) atoms. The van der Waals surface area contributed by atoms with Crippen LogP contribution in [0.25, 0.3) is 16.0 Å². The van der Waals surface area contributed by atoms with Crippen LogP contribution in [-0.4, -0.2) is 60.6 Å². The van der Waals surface area contributed by atoms with Gasteiger partial charge in [0.05, 0.1) is 18.8 Å². The average molecular weight is 478 g/mol. The monoisotopic (exact) mass is 477 g/mol. The Hall–Kier alpha value is -3.75. The molecule has 0 bridgehead atoms. The second-order valence-electron chi connectivity index (χ2n) is 7.66. The number of benzene rings is 2. The minimum absolute atomic E-state index is 0.0903. The van der Waals surface area contributed by atoms with Gasteiger partial charge in [0.25, 0.3) is 5.91 Å². The third-order valence-electron chi connectivity index (χ3n) is 5.49. The topological polar surface area (TPSA) is 93.1 Å². The molecule has 0 spiro atoms. The normalized spacial score (nSPS) is 13.4.